The Morgan fingerprint density at radius 2 is 1.95 bits per heavy atom. The van der Waals surface area contributed by atoms with E-state index in [0.717, 1.165) is 17.8 Å². The van der Waals surface area contributed by atoms with Gasteiger partial charge in [0.1, 0.15) is 0 Å². The van der Waals surface area contributed by atoms with Crippen molar-refractivity contribution in [3.05, 3.63) is 65.2 Å². The Kier molecular flexibility index (Phi) is 4.94. The van der Waals surface area contributed by atoms with Gasteiger partial charge in [-0.1, -0.05) is 12.1 Å². The highest BCUT2D eigenvalue weighted by molar-refractivity contribution is 5.94. The van der Waals surface area contributed by atoms with Crippen molar-refractivity contribution >= 4 is 11.6 Å². The van der Waals surface area contributed by atoms with Crippen LogP contribution in [0, 0.1) is 11.3 Å². The lowest BCUT2D eigenvalue weighted by Crippen LogP contribution is -2.22. The first-order valence-electron chi connectivity index (χ1n) is 6.84. The monoisotopic (exact) mass is 279 g/mol. The molecule has 0 unspecified atom stereocenters. The van der Waals surface area contributed by atoms with Crippen molar-refractivity contribution in [3.63, 3.8) is 0 Å². The molecule has 0 saturated carbocycles. The minimum Gasteiger partial charge on any atom is -0.385 e. The van der Waals surface area contributed by atoms with Gasteiger partial charge in [-0.3, -0.25) is 4.79 Å². The summed E-state index contributed by atoms with van der Waals surface area (Å²) in [5, 5.41) is 14.9. The number of rotatable bonds is 5. The van der Waals surface area contributed by atoms with Crippen LogP contribution < -0.4 is 10.6 Å². The number of carbonyl (C=O) groups is 1. The molecule has 2 aromatic carbocycles. The molecule has 4 heteroatoms. The number of nitriles is 1. The summed E-state index contributed by atoms with van der Waals surface area (Å²) < 4.78 is 0. The van der Waals surface area contributed by atoms with Crippen molar-refractivity contribution in [3.8, 4) is 6.07 Å². The van der Waals surface area contributed by atoms with Gasteiger partial charge in [0.15, 0.2) is 0 Å². The highest BCUT2D eigenvalue weighted by Gasteiger charge is 2.05. The first kappa shape index (κ1) is 14.6. The number of anilines is 1. The fourth-order valence-corrected chi connectivity index (χ4v) is 1.98. The third kappa shape index (κ3) is 4.08. The lowest BCUT2D eigenvalue weighted by Gasteiger charge is -2.07. The molecule has 0 atom stereocenters. The molecule has 0 aliphatic rings. The molecule has 0 saturated heterocycles. The maximum absolute atomic E-state index is 12.0. The van der Waals surface area contributed by atoms with Crippen molar-refractivity contribution in [1.29, 1.82) is 5.26 Å². The Balaban J connectivity index is 1.96. The second-order valence-corrected chi connectivity index (χ2v) is 4.60. The third-order valence-electron chi connectivity index (χ3n) is 3.04. The number of nitrogens with one attached hydrogen (secondary N) is 2. The van der Waals surface area contributed by atoms with Gasteiger partial charge in [0.05, 0.1) is 11.6 Å². The van der Waals surface area contributed by atoms with Crippen LogP contribution in [-0.2, 0) is 6.54 Å². The zero-order valence-electron chi connectivity index (χ0n) is 11.9. The van der Waals surface area contributed by atoms with E-state index in [4.69, 9.17) is 5.26 Å². The van der Waals surface area contributed by atoms with Crippen LogP contribution in [0.5, 0.6) is 0 Å². The molecule has 0 spiro atoms. The summed E-state index contributed by atoms with van der Waals surface area (Å²) in [5.74, 6) is -0.125. The number of benzene rings is 2. The summed E-state index contributed by atoms with van der Waals surface area (Å²) in [6.45, 7) is 3.28. The van der Waals surface area contributed by atoms with Gasteiger partial charge in [0, 0.05) is 24.3 Å². The van der Waals surface area contributed by atoms with E-state index in [1.54, 1.807) is 24.3 Å². The first-order chi connectivity index (χ1) is 10.2. The molecular weight excluding hydrogens is 262 g/mol. The van der Waals surface area contributed by atoms with E-state index in [9.17, 15) is 4.79 Å². The molecule has 0 aliphatic carbocycles. The SMILES string of the molecule is CCNc1ccc(C(=O)NCc2cccc(C#N)c2)cc1. The lowest BCUT2D eigenvalue weighted by atomic mass is 10.1. The molecule has 0 fully saturated rings. The maximum Gasteiger partial charge on any atom is 0.251 e. The van der Waals surface area contributed by atoms with E-state index < -0.39 is 0 Å². The highest BCUT2D eigenvalue weighted by atomic mass is 16.1. The fraction of sp³-hybridized carbons (Fsp3) is 0.176. The molecule has 0 aliphatic heterocycles. The topological polar surface area (TPSA) is 64.9 Å². The molecule has 0 bridgehead atoms. The van der Waals surface area contributed by atoms with Gasteiger partial charge in [0.25, 0.3) is 5.91 Å². The van der Waals surface area contributed by atoms with Crippen LogP contribution in [-0.4, -0.2) is 12.5 Å². The summed E-state index contributed by atoms with van der Waals surface area (Å²) in [6, 6.07) is 16.6. The molecule has 2 N–H and O–H groups in total. The van der Waals surface area contributed by atoms with E-state index in [2.05, 4.69) is 16.7 Å². The zero-order chi connectivity index (χ0) is 15.1. The van der Waals surface area contributed by atoms with Crippen molar-refractivity contribution < 1.29 is 4.79 Å². The van der Waals surface area contributed by atoms with E-state index in [0.29, 0.717) is 17.7 Å². The first-order valence-corrected chi connectivity index (χ1v) is 6.84. The number of nitrogens with zero attached hydrogens (tertiary/aromatic N) is 1. The summed E-state index contributed by atoms with van der Waals surface area (Å²) in [7, 11) is 0. The molecule has 106 valence electrons. The Morgan fingerprint density at radius 3 is 2.62 bits per heavy atom. The minimum absolute atomic E-state index is 0.125. The molecule has 0 radical (unpaired) electrons. The molecular formula is C17H17N3O. The predicted molar refractivity (Wildman–Crippen MR) is 82.9 cm³/mol. The number of amides is 1. The fourth-order valence-electron chi connectivity index (χ4n) is 1.98. The maximum atomic E-state index is 12.0. The summed E-state index contributed by atoms with van der Waals surface area (Å²) in [4.78, 5) is 12.0. The van der Waals surface area contributed by atoms with Crippen LogP contribution in [0.3, 0.4) is 0 Å². The largest absolute Gasteiger partial charge is 0.385 e. The summed E-state index contributed by atoms with van der Waals surface area (Å²) in [5.41, 5.74) is 3.12. The van der Waals surface area contributed by atoms with Crippen molar-refractivity contribution in [1.82, 2.24) is 5.32 Å². The summed E-state index contributed by atoms with van der Waals surface area (Å²) >= 11 is 0. The standard InChI is InChI=1S/C17H17N3O/c1-2-19-16-8-6-15(7-9-16)17(21)20-12-14-5-3-4-13(10-14)11-18/h3-10,19H,2,12H2,1H3,(H,20,21). The smallest absolute Gasteiger partial charge is 0.251 e. The van der Waals surface area contributed by atoms with Crippen LogP contribution in [0.1, 0.15) is 28.4 Å². The molecule has 4 nitrogen and oxygen atoms in total. The van der Waals surface area contributed by atoms with Crippen molar-refractivity contribution in [2.45, 2.75) is 13.5 Å². The Bertz CT molecular complexity index is 656. The van der Waals surface area contributed by atoms with Gasteiger partial charge in [-0.15, -0.1) is 0 Å². The van der Waals surface area contributed by atoms with Gasteiger partial charge in [-0.25, -0.2) is 0 Å². The van der Waals surface area contributed by atoms with E-state index >= 15 is 0 Å². The molecule has 0 heterocycles. The molecule has 2 aromatic rings. The van der Waals surface area contributed by atoms with Gasteiger partial charge >= 0.3 is 0 Å². The number of carbonyl (C=O) groups excluding carboxylic acids is 1. The van der Waals surface area contributed by atoms with Gasteiger partial charge in [-0.2, -0.15) is 5.26 Å². The summed E-state index contributed by atoms with van der Waals surface area (Å²) in [6.07, 6.45) is 0. The third-order valence-corrected chi connectivity index (χ3v) is 3.04. The molecule has 2 rings (SSSR count). The quantitative estimate of drug-likeness (QED) is 0.884. The second-order valence-electron chi connectivity index (χ2n) is 4.60. The van der Waals surface area contributed by atoms with Gasteiger partial charge in [-0.05, 0) is 48.9 Å². The average Bonchev–Trinajstić information content (AvgIpc) is 2.54. The number of hydrogen-bond acceptors (Lipinski definition) is 3. The normalized spacial score (nSPS) is 9.71. The Hall–Kier alpha value is -2.80. The number of hydrogen-bond donors (Lipinski definition) is 2. The van der Waals surface area contributed by atoms with Crippen LogP contribution in [0.2, 0.25) is 0 Å². The second kappa shape index (κ2) is 7.11. The van der Waals surface area contributed by atoms with Gasteiger partial charge in [0.2, 0.25) is 0 Å². The van der Waals surface area contributed by atoms with E-state index in [-0.39, 0.29) is 5.91 Å². The van der Waals surface area contributed by atoms with Crippen LogP contribution in [0.15, 0.2) is 48.5 Å². The van der Waals surface area contributed by atoms with E-state index in [1.807, 2.05) is 31.2 Å². The van der Waals surface area contributed by atoms with Crippen molar-refractivity contribution in [2.75, 3.05) is 11.9 Å². The molecule has 1 amide bonds. The Labute approximate surface area is 124 Å². The zero-order valence-corrected chi connectivity index (χ0v) is 11.9. The van der Waals surface area contributed by atoms with Gasteiger partial charge < -0.3 is 10.6 Å². The predicted octanol–water partition coefficient (Wildman–Crippen LogP) is 2.92. The van der Waals surface area contributed by atoms with E-state index in [1.165, 1.54) is 0 Å². The highest BCUT2D eigenvalue weighted by Crippen LogP contribution is 2.10. The van der Waals surface area contributed by atoms with Crippen LogP contribution >= 0.6 is 0 Å². The molecule has 0 aromatic heterocycles. The van der Waals surface area contributed by atoms with Crippen LogP contribution in [0.4, 0.5) is 5.69 Å². The average molecular weight is 279 g/mol. The minimum atomic E-state index is -0.125. The Morgan fingerprint density at radius 1 is 1.19 bits per heavy atom. The van der Waals surface area contributed by atoms with Crippen molar-refractivity contribution in [2.24, 2.45) is 0 Å². The lowest BCUT2D eigenvalue weighted by molar-refractivity contribution is 0.0951. The van der Waals surface area contributed by atoms with Crippen LogP contribution in [0.25, 0.3) is 0 Å². The molecule has 21 heavy (non-hydrogen) atoms.